The number of carbonyl (C=O) groups is 1. The summed E-state index contributed by atoms with van der Waals surface area (Å²) in [6.07, 6.45) is 3.28. The van der Waals surface area contributed by atoms with E-state index in [0.29, 0.717) is 44.5 Å². The topological polar surface area (TPSA) is 129 Å². The van der Waals surface area contributed by atoms with Crippen LogP contribution in [0.3, 0.4) is 0 Å². The summed E-state index contributed by atoms with van der Waals surface area (Å²) in [5, 5.41) is 16.8. The minimum atomic E-state index is -0.675. The molecule has 0 aliphatic heterocycles. The van der Waals surface area contributed by atoms with Crippen LogP contribution in [0.5, 0.6) is 5.75 Å². The van der Waals surface area contributed by atoms with Crippen LogP contribution in [-0.4, -0.2) is 26.0 Å². The molecule has 2 heterocycles. The number of nitrogens with zero attached hydrogens (tertiary/aromatic N) is 2. The van der Waals surface area contributed by atoms with Crippen LogP contribution in [0.15, 0.2) is 61.1 Å². The Kier molecular flexibility index (Phi) is 6.93. The molecule has 0 aliphatic carbocycles. The van der Waals surface area contributed by atoms with Crippen molar-refractivity contribution in [3.8, 4) is 17.0 Å². The zero-order valence-corrected chi connectivity index (χ0v) is 18.7. The number of benzene rings is 2. The van der Waals surface area contributed by atoms with Crippen LogP contribution in [0.4, 0.5) is 21.6 Å². The number of aromatic nitrogens is 3. The third-order valence-electron chi connectivity index (χ3n) is 5.16. The Morgan fingerprint density at radius 1 is 1.15 bits per heavy atom. The highest BCUT2D eigenvalue weighted by molar-refractivity contribution is 6.30. The maximum Gasteiger partial charge on any atom is 0.226 e. The highest BCUT2D eigenvalue weighted by atomic mass is 35.5. The predicted molar refractivity (Wildman–Crippen MR) is 129 cm³/mol. The molecule has 0 atom stereocenters. The number of aromatic amines is 1. The Hall–Kier alpha value is -4.11. The predicted octanol–water partition coefficient (Wildman–Crippen LogP) is 4.48. The molecule has 2 aromatic heterocycles. The molecule has 0 saturated carbocycles. The maximum atomic E-state index is 13.4. The second-order valence-electron chi connectivity index (χ2n) is 7.56. The second-order valence-corrected chi connectivity index (χ2v) is 8.00. The van der Waals surface area contributed by atoms with Crippen LogP contribution in [0.1, 0.15) is 16.8 Å². The number of carbonyl (C=O) groups excluding carboxylic acids is 1. The fraction of sp³-hybridized carbons (Fsp3) is 0.125. The lowest BCUT2D eigenvalue weighted by molar-refractivity contribution is -0.120. The van der Waals surface area contributed by atoms with Crippen molar-refractivity contribution in [2.75, 3.05) is 11.1 Å². The molecule has 6 N–H and O–H groups in total. The van der Waals surface area contributed by atoms with Crippen LogP contribution >= 0.6 is 11.6 Å². The van der Waals surface area contributed by atoms with Crippen molar-refractivity contribution in [3.05, 3.63) is 82.9 Å². The van der Waals surface area contributed by atoms with Crippen LogP contribution in [-0.2, 0) is 24.4 Å². The lowest BCUT2D eigenvalue weighted by atomic mass is 10.1. The van der Waals surface area contributed by atoms with Crippen LogP contribution in [0.2, 0.25) is 5.02 Å². The van der Waals surface area contributed by atoms with Gasteiger partial charge in [-0.15, -0.1) is 0 Å². The number of H-pyrrole nitrogens is 1. The fourth-order valence-electron chi connectivity index (χ4n) is 3.38. The molecule has 2 aromatic carbocycles. The van der Waals surface area contributed by atoms with Gasteiger partial charge in [0.25, 0.3) is 0 Å². The molecule has 0 fully saturated rings. The van der Waals surface area contributed by atoms with Crippen LogP contribution < -0.4 is 16.4 Å². The molecule has 8 nitrogen and oxygen atoms in total. The van der Waals surface area contributed by atoms with Gasteiger partial charge >= 0.3 is 0 Å². The number of imidazole rings is 1. The van der Waals surface area contributed by atoms with Crippen molar-refractivity contribution in [1.29, 1.82) is 0 Å². The van der Waals surface area contributed by atoms with E-state index in [-0.39, 0.29) is 30.4 Å². The third kappa shape index (κ3) is 5.44. The van der Waals surface area contributed by atoms with E-state index in [2.05, 4.69) is 25.6 Å². The van der Waals surface area contributed by atoms with E-state index in [0.717, 1.165) is 0 Å². The first-order valence-electron chi connectivity index (χ1n) is 10.4. The molecule has 10 heteroatoms. The lowest BCUT2D eigenvalue weighted by Crippen LogP contribution is -2.25. The van der Waals surface area contributed by atoms with Crippen molar-refractivity contribution >= 4 is 34.7 Å². The Bertz CT molecular complexity index is 1310. The number of aromatic hydroxyl groups is 1. The van der Waals surface area contributed by atoms with E-state index in [1.807, 2.05) is 0 Å². The average molecular weight is 481 g/mol. The maximum absolute atomic E-state index is 13.4. The first kappa shape index (κ1) is 23.1. The van der Waals surface area contributed by atoms with E-state index in [1.54, 1.807) is 48.7 Å². The third-order valence-corrected chi connectivity index (χ3v) is 5.39. The van der Waals surface area contributed by atoms with Gasteiger partial charge in [0.15, 0.2) is 0 Å². The number of phenolic OH excluding ortho intramolecular Hbond substituents is 1. The van der Waals surface area contributed by atoms with Crippen molar-refractivity contribution < 1.29 is 14.3 Å². The quantitative estimate of drug-likeness (QED) is 0.236. The highest BCUT2D eigenvalue weighted by Crippen LogP contribution is 2.33. The van der Waals surface area contributed by atoms with Gasteiger partial charge in [-0.25, -0.2) is 14.4 Å². The van der Waals surface area contributed by atoms with Gasteiger partial charge in [-0.2, -0.15) is 0 Å². The molecule has 34 heavy (non-hydrogen) atoms. The van der Waals surface area contributed by atoms with Gasteiger partial charge in [0.05, 0.1) is 18.4 Å². The molecule has 0 bridgehead atoms. The zero-order chi connectivity index (χ0) is 24.1. The van der Waals surface area contributed by atoms with E-state index in [4.69, 9.17) is 17.3 Å². The average Bonchev–Trinajstić information content (AvgIpc) is 3.33. The van der Waals surface area contributed by atoms with Crippen LogP contribution in [0.25, 0.3) is 11.3 Å². The van der Waals surface area contributed by atoms with Gasteiger partial charge < -0.3 is 26.5 Å². The summed E-state index contributed by atoms with van der Waals surface area (Å²) < 4.78 is 13.4. The van der Waals surface area contributed by atoms with Gasteiger partial charge in [0.1, 0.15) is 18.2 Å². The number of alkyl halides is 1. The van der Waals surface area contributed by atoms with Crippen molar-refractivity contribution in [1.82, 2.24) is 20.3 Å². The minimum Gasteiger partial charge on any atom is -0.507 e. The monoisotopic (exact) mass is 480 g/mol. The number of hydrogen-bond acceptors (Lipinski definition) is 6. The number of rotatable bonds is 8. The molecule has 1 amide bonds. The number of halogens is 2. The Balaban J connectivity index is 1.49. The standard InChI is InChI=1S/C24H22ClFN6O2/c25-16-2-5-20(15(7-16)10-26)31-17-3-6-22(33)19(8-17)21-4-1-14(24(27)32-21)11-29-23(34)9-18-12-28-13-30-18/h1-8,12-13,31,33H,9-11H2,(H2,27,32)(H,28,30)(H,29,34). The molecule has 0 unspecified atom stereocenters. The molecule has 4 aromatic rings. The Labute approximate surface area is 200 Å². The summed E-state index contributed by atoms with van der Waals surface area (Å²) >= 11 is 5.95. The van der Waals surface area contributed by atoms with Gasteiger partial charge in [-0.3, -0.25) is 4.79 Å². The molecular formula is C24H22ClFN6O2. The first-order valence-corrected chi connectivity index (χ1v) is 10.7. The molecule has 0 radical (unpaired) electrons. The van der Waals surface area contributed by atoms with Gasteiger partial charge in [-0.1, -0.05) is 17.7 Å². The van der Waals surface area contributed by atoms with E-state index >= 15 is 0 Å². The second kappa shape index (κ2) is 10.2. The Morgan fingerprint density at radius 3 is 2.74 bits per heavy atom. The fourth-order valence-corrected chi connectivity index (χ4v) is 3.58. The summed E-state index contributed by atoms with van der Waals surface area (Å²) in [4.78, 5) is 23.2. The number of pyridine rings is 1. The molecule has 0 saturated heterocycles. The van der Waals surface area contributed by atoms with E-state index in [9.17, 15) is 14.3 Å². The molecule has 0 spiro atoms. The summed E-state index contributed by atoms with van der Waals surface area (Å²) in [7, 11) is 0. The number of phenols is 1. The summed E-state index contributed by atoms with van der Waals surface area (Å²) in [6.45, 7) is -0.464. The number of nitrogens with two attached hydrogens (primary N) is 1. The largest absolute Gasteiger partial charge is 0.507 e. The van der Waals surface area contributed by atoms with Gasteiger partial charge in [0, 0.05) is 51.5 Å². The first-order chi connectivity index (χ1) is 16.4. The summed E-state index contributed by atoms with van der Waals surface area (Å²) in [5.74, 6) is 0.0633. The summed E-state index contributed by atoms with van der Waals surface area (Å²) in [5.41, 5.74) is 9.98. The number of anilines is 3. The number of amides is 1. The van der Waals surface area contributed by atoms with Crippen molar-refractivity contribution in [2.24, 2.45) is 0 Å². The smallest absolute Gasteiger partial charge is 0.226 e. The van der Waals surface area contributed by atoms with E-state index in [1.165, 1.54) is 12.4 Å². The van der Waals surface area contributed by atoms with Gasteiger partial charge in [-0.05, 0) is 42.5 Å². The highest BCUT2D eigenvalue weighted by Gasteiger charge is 2.12. The molecule has 174 valence electrons. The van der Waals surface area contributed by atoms with Crippen molar-refractivity contribution in [3.63, 3.8) is 0 Å². The van der Waals surface area contributed by atoms with Crippen LogP contribution in [0, 0.1) is 0 Å². The van der Waals surface area contributed by atoms with Crippen molar-refractivity contribution in [2.45, 2.75) is 19.6 Å². The summed E-state index contributed by atoms with van der Waals surface area (Å²) in [6, 6.07) is 13.2. The lowest BCUT2D eigenvalue weighted by Gasteiger charge is -2.14. The SMILES string of the molecule is Nc1nc(-c2cc(Nc3ccc(Cl)cc3CF)ccc2O)ccc1CNC(=O)Cc1cnc[nH]1. The molecule has 0 aliphatic rings. The number of hydrogen-bond donors (Lipinski definition) is 5. The van der Waals surface area contributed by atoms with Gasteiger partial charge in [0.2, 0.25) is 5.91 Å². The number of nitrogens with one attached hydrogen (secondary N) is 3. The molecule has 4 rings (SSSR count). The molecular weight excluding hydrogens is 459 g/mol. The normalized spacial score (nSPS) is 10.8. The zero-order valence-electron chi connectivity index (χ0n) is 18.0. The number of nitrogen functional groups attached to an aromatic ring is 1. The van der Waals surface area contributed by atoms with E-state index < -0.39 is 6.67 Å². The minimum absolute atomic E-state index is 0.0138. The Morgan fingerprint density at radius 2 is 2.00 bits per heavy atom.